The molecule has 2 aromatic rings. The maximum Gasteiger partial charge on any atom is 0.272 e. The standard InChI is InChI=1S/C18H20FN3O4/c1-22-16(24)6-4-14(21-22)18(25)20-17(10-7-12(23)8-10)13-9-11(19)3-5-15(13)26-2/h3-6,9-10,12,17,23H,7-8H2,1-2H3,(H,20,25)/t10?,12?,17-/m1/s1. The minimum absolute atomic E-state index is 0.0582. The summed E-state index contributed by atoms with van der Waals surface area (Å²) in [6.45, 7) is 0. The first-order chi connectivity index (χ1) is 12.4. The molecule has 1 saturated carbocycles. The molecule has 1 aliphatic rings. The number of aliphatic hydroxyl groups is 1. The van der Waals surface area contributed by atoms with Crippen molar-refractivity contribution >= 4 is 5.91 Å². The lowest BCUT2D eigenvalue weighted by Crippen LogP contribution is -2.42. The molecule has 2 N–H and O–H groups in total. The Balaban J connectivity index is 1.92. The van der Waals surface area contributed by atoms with Crippen LogP contribution in [0.3, 0.4) is 0 Å². The zero-order valence-corrected chi connectivity index (χ0v) is 14.5. The molecular formula is C18H20FN3O4. The van der Waals surface area contributed by atoms with Gasteiger partial charge < -0.3 is 15.2 Å². The van der Waals surface area contributed by atoms with Gasteiger partial charge in [0, 0.05) is 18.7 Å². The first kappa shape index (κ1) is 18.1. The average molecular weight is 361 g/mol. The molecular weight excluding hydrogens is 341 g/mol. The molecule has 0 saturated heterocycles. The van der Waals surface area contributed by atoms with Crippen molar-refractivity contribution in [1.29, 1.82) is 0 Å². The molecule has 138 valence electrons. The first-order valence-electron chi connectivity index (χ1n) is 8.25. The number of hydrogen-bond donors (Lipinski definition) is 2. The van der Waals surface area contributed by atoms with Crippen LogP contribution in [-0.2, 0) is 7.05 Å². The predicted octanol–water partition coefficient (Wildman–Crippen LogP) is 1.17. The molecule has 8 heteroatoms. The van der Waals surface area contributed by atoms with Crippen molar-refractivity contribution < 1.29 is 19.0 Å². The molecule has 26 heavy (non-hydrogen) atoms. The zero-order valence-electron chi connectivity index (χ0n) is 14.5. The molecule has 0 spiro atoms. The molecule has 3 rings (SSSR count). The van der Waals surface area contributed by atoms with Crippen LogP contribution in [0.25, 0.3) is 0 Å². The van der Waals surface area contributed by atoms with Crippen molar-refractivity contribution in [2.75, 3.05) is 7.11 Å². The van der Waals surface area contributed by atoms with E-state index in [9.17, 15) is 19.1 Å². The third-order valence-electron chi connectivity index (χ3n) is 4.63. The topological polar surface area (TPSA) is 93.5 Å². The van der Waals surface area contributed by atoms with Crippen molar-refractivity contribution in [2.45, 2.75) is 25.0 Å². The fourth-order valence-electron chi connectivity index (χ4n) is 3.14. The van der Waals surface area contributed by atoms with Gasteiger partial charge in [-0.1, -0.05) is 0 Å². The number of nitrogens with zero attached hydrogens (tertiary/aromatic N) is 2. The normalized spacial score (nSPS) is 20.2. The molecule has 1 aromatic carbocycles. The summed E-state index contributed by atoms with van der Waals surface area (Å²) in [5, 5.41) is 16.4. The van der Waals surface area contributed by atoms with Crippen LogP contribution in [-0.4, -0.2) is 34.0 Å². The van der Waals surface area contributed by atoms with E-state index in [1.807, 2.05) is 0 Å². The number of carbonyl (C=O) groups excluding carboxylic acids is 1. The predicted molar refractivity (Wildman–Crippen MR) is 91.4 cm³/mol. The largest absolute Gasteiger partial charge is 0.496 e. The summed E-state index contributed by atoms with van der Waals surface area (Å²) in [4.78, 5) is 24.1. The molecule has 1 amide bonds. The average Bonchev–Trinajstić information content (AvgIpc) is 2.59. The van der Waals surface area contributed by atoms with E-state index in [4.69, 9.17) is 4.74 Å². The van der Waals surface area contributed by atoms with Gasteiger partial charge >= 0.3 is 0 Å². The summed E-state index contributed by atoms with van der Waals surface area (Å²) in [7, 11) is 2.92. The number of carbonyl (C=O) groups is 1. The monoisotopic (exact) mass is 361 g/mol. The third kappa shape index (κ3) is 3.60. The summed E-state index contributed by atoms with van der Waals surface area (Å²) in [5.74, 6) is -0.540. The van der Waals surface area contributed by atoms with E-state index < -0.39 is 23.9 Å². The van der Waals surface area contributed by atoms with Crippen LogP contribution in [0.5, 0.6) is 5.75 Å². The summed E-state index contributed by atoms with van der Waals surface area (Å²) in [5.41, 5.74) is 0.252. The lowest BCUT2D eigenvalue weighted by molar-refractivity contribution is 0.0230. The third-order valence-corrected chi connectivity index (χ3v) is 4.63. The van der Waals surface area contributed by atoms with E-state index in [1.165, 1.54) is 44.5 Å². The number of halogens is 1. The molecule has 1 fully saturated rings. The van der Waals surface area contributed by atoms with E-state index in [0.29, 0.717) is 24.2 Å². The van der Waals surface area contributed by atoms with E-state index in [0.717, 1.165) is 4.68 Å². The number of benzene rings is 1. The molecule has 7 nitrogen and oxygen atoms in total. The van der Waals surface area contributed by atoms with Gasteiger partial charge in [0.25, 0.3) is 11.5 Å². The van der Waals surface area contributed by atoms with Gasteiger partial charge in [-0.05, 0) is 43.0 Å². The van der Waals surface area contributed by atoms with Crippen molar-refractivity contribution in [2.24, 2.45) is 13.0 Å². The number of aryl methyl sites for hydroxylation is 1. The molecule has 1 aromatic heterocycles. The number of hydrogen-bond acceptors (Lipinski definition) is 5. The van der Waals surface area contributed by atoms with E-state index >= 15 is 0 Å². The van der Waals surface area contributed by atoms with Gasteiger partial charge in [-0.25, -0.2) is 9.07 Å². The van der Waals surface area contributed by atoms with E-state index in [-0.39, 0.29) is 17.2 Å². The second-order valence-electron chi connectivity index (χ2n) is 6.40. The van der Waals surface area contributed by atoms with Crippen molar-refractivity contribution in [3.8, 4) is 5.75 Å². The van der Waals surface area contributed by atoms with Gasteiger partial charge in [0.2, 0.25) is 0 Å². The fraction of sp³-hybridized carbons (Fsp3) is 0.389. The van der Waals surface area contributed by atoms with Crippen molar-refractivity contribution in [3.63, 3.8) is 0 Å². The Morgan fingerprint density at radius 3 is 2.73 bits per heavy atom. The van der Waals surface area contributed by atoms with Gasteiger partial charge in [0.15, 0.2) is 0 Å². The summed E-state index contributed by atoms with van der Waals surface area (Å²) in [6.07, 6.45) is 0.547. The van der Waals surface area contributed by atoms with Gasteiger partial charge in [-0.2, -0.15) is 5.10 Å². The number of rotatable bonds is 5. The summed E-state index contributed by atoms with van der Waals surface area (Å²) in [6, 6.07) is 6.16. The number of nitrogens with one attached hydrogen (secondary N) is 1. The Morgan fingerprint density at radius 1 is 1.38 bits per heavy atom. The fourth-order valence-corrected chi connectivity index (χ4v) is 3.14. The minimum atomic E-state index is -0.546. The minimum Gasteiger partial charge on any atom is -0.496 e. The Hall–Kier alpha value is -2.74. The quantitative estimate of drug-likeness (QED) is 0.834. The van der Waals surface area contributed by atoms with Crippen LogP contribution >= 0.6 is 0 Å². The van der Waals surface area contributed by atoms with Crippen LogP contribution < -0.4 is 15.6 Å². The Bertz CT molecular complexity index is 877. The summed E-state index contributed by atoms with van der Waals surface area (Å²) < 4.78 is 20.2. The van der Waals surface area contributed by atoms with Crippen molar-refractivity contribution in [1.82, 2.24) is 15.1 Å². The number of amides is 1. The van der Waals surface area contributed by atoms with E-state index in [1.54, 1.807) is 0 Å². The van der Waals surface area contributed by atoms with Gasteiger partial charge in [-0.15, -0.1) is 0 Å². The molecule has 0 aliphatic heterocycles. The number of aromatic nitrogens is 2. The lowest BCUT2D eigenvalue weighted by atomic mass is 9.74. The van der Waals surface area contributed by atoms with Gasteiger partial charge in [0.05, 0.1) is 19.3 Å². The Kier molecular flexibility index (Phi) is 5.03. The Labute approximate surface area is 149 Å². The highest BCUT2D eigenvalue weighted by atomic mass is 19.1. The molecule has 0 bridgehead atoms. The Morgan fingerprint density at radius 2 is 2.12 bits per heavy atom. The summed E-state index contributed by atoms with van der Waals surface area (Å²) >= 11 is 0. The SMILES string of the molecule is COc1ccc(F)cc1[C@H](NC(=O)c1ccc(=O)n(C)n1)C1CC(O)C1. The number of methoxy groups -OCH3 is 1. The molecule has 1 heterocycles. The highest BCUT2D eigenvalue weighted by Gasteiger charge is 2.37. The van der Waals surface area contributed by atoms with Crippen LogP contribution in [0.2, 0.25) is 0 Å². The highest BCUT2D eigenvalue weighted by molar-refractivity contribution is 5.92. The van der Waals surface area contributed by atoms with Crippen LogP contribution in [0.1, 0.15) is 34.9 Å². The molecule has 0 radical (unpaired) electrons. The second-order valence-corrected chi connectivity index (χ2v) is 6.40. The number of aliphatic hydroxyl groups excluding tert-OH is 1. The van der Waals surface area contributed by atoms with Crippen molar-refractivity contribution in [3.05, 3.63) is 57.8 Å². The van der Waals surface area contributed by atoms with E-state index in [2.05, 4.69) is 10.4 Å². The first-order valence-corrected chi connectivity index (χ1v) is 8.25. The molecule has 1 atom stereocenters. The van der Waals surface area contributed by atoms with Crippen LogP contribution in [0.4, 0.5) is 4.39 Å². The van der Waals surface area contributed by atoms with Crippen LogP contribution in [0, 0.1) is 11.7 Å². The van der Waals surface area contributed by atoms with Crippen LogP contribution in [0.15, 0.2) is 35.1 Å². The number of ether oxygens (including phenoxy) is 1. The molecule has 0 unspecified atom stereocenters. The maximum absolute atomic E-state index is 13.8. The second kappa shape index (κ2) is 7.25. The highest BCUT2D eigenvalue weighted by Crippen LogP contribution is 2.41. The van der Waals surface area contributed by atoms with Gasteiger partial charge in [-0.3, -0.25) is 9.59 Å². The smallest absolute Gasteiger partial charge is 0.272 e. The zero-order chi connectivity index (χ0) is 18.8. The lowest BCUT2D eigenvalue weighted by Gasteiger charge is -2.38. The maximum atomic E-state index is 13.8. The molecule has 1 aliphatic carbocycles. The van der Waals surface area contributed by atoms with Gasteiger partial charge in [0.1, 0.15) is 17.3 Å².